The first-order chi connectivity index (χ1) is 9.65. The monoisotopic (exact) mass is 383 g/mol. The molecule has 1 N–H and O–H groups in total. The number of hydrogen-bond acceptors (Lipinski definition) is 3. The quantitative estimate of drug-likeness (QED) is 0.778. The standard InChI is InChI=1S/C16H18INO2/c1-11(18-2)16-14(19-3)5-4-6-15(16)20-13-9-7-12(17)8-10-13/h4-11,18H,1-3H3. The molecule has 106 valence electrons. The van der Waals surface area contributed by atoms with Gasteiger partial charge in [0.15, 0.2) is 0 Å². The number of halogens is 1. The van der Waals surface area contributed by atoms with E-state index >= 15 is 0 Å². The molecule has 0 aliphatic carbocycles. The number of hydrogen-bond donors (Lipinski definition) is 1. The normalized spacial score (nSPS) is 12.0. The zero-order valence-electron chi connectivity index (χ0n) is 11.8. The van der Waals surface area contributed by atoms with Gasteiger partial charge in [-0.1, -0.05) is 6.07 Å². The largest absolute Gasteiger partial charge is 0.496 e. The maximum absolute atomic E-state index is 6.01. The molecule has 0 bridgehead atoms. The number of benzene rings is 2. The van der Waals surface area contributed by atoms with Crippen molar-refractivity contribution < 1.29 is 9.47 Å². The first kappa shape index (κ1) is 15.1. The molecule has 4 heteroatoms. The summed E-state index contributed by atoms with van der Waals surface area (Å²) < 4.78 is 12.6. The summed E-state index contributed by atoms with van der Waals surface area (Å²) in [6.07, 6.45) is 0. The van der Waals surface area contributed by atoms with Crippen LogP contribution in [0.4, 0.5) is 0 Å². The Morgan fingerprint density at radius 3 is 2.30 bits per heavy atom. The highest BCUT2D eigenvalue weighted by Crippen LogP contribution is 2.36. The molecule has 0 radical (unpaired) electrons. The third kappa shape index (κ3) is 3.43. The van der Waals surface area contributed by atoms with Gasteiger partial charge in [-0.2, -0.15) is 0 Å². The number of methoxy groups -OCH3 is 1. The second kappa shape index (κ2) is 6.95. The molecular formula is C16H18INO2. The first-order valence-corrected chi connectivity index (χ1v) is 7.51. The molecule has 2 aromatic rings. The van der Waals surface area contributed by atoms with Gasteiger partial charge < -0.3 is 14.8 Å². The van der Waals surface area contributed by atoms with Crippen LogP contribution in [0, 0.1) is 3.57 Å². The van der Waals surface area contributed by atoms with Crippen LogP contribution in [0.1, 0.15) is 18.5 Å². The fourth-order valence-electron chi connectivity index (χ4n) is 1.99. The van der Waals surface area contributed by atoms with Crippen molar-refractivity contribution in [3.05, 3.63) is 51.6 Å². The Kier molecular flexibility index (Phi) is 5.25. The van der Waals surface area contributed by atoms with Crippen molar-refractivity contribution in [2.24, 2.45) is 0 Å². The lowest BCUT2D eigenvalue weighted by atomic mass is 10.1. The highest BCUT2D eigenvalue weighted by molar-refractivity contribution is 14.1. The summed E-state index contributed by atoms with van der Waals surface area (Å²) in [7, 11) is 3.60. The van der Waals surface area contributed by atoms with Gasteiger partial charge in [0.2, 0.25) is 0 Å². The van der Waals surface area contributed by atoms with Crippen molar-refractivity contribution in [1.29, 1.82) is 0 Å². The van der Waals surface area contributed by atoms with E-state index in [0.29, 0.717) is 0 Å². The van der Waals surface area contributed by atoms with Crippen molar-refractivity contribution in [3.8, 4) is 17.2 Å². The van der Waals surface area contributed by atoms with Crippen LogP contribution in [-0.4, -0.2) is 14.2 Å². The van der Waals surface area contributed by atoms with Crippen molar-refractivity contribution >= 4 is 22.6 Å². The van der Waals surface area contributed by atoms with Crippen molar-refractivity contribution in [1.82, 2.24) is 5.32 Å². The molecular weight excluding hydrogens is 365 g/mol. The highest BCUT2D eigenvalue weighted by Gasteiger charge is 2.16. The fraction of sp³-hybridized carbons (Fsp3) is 0.250. The van der Waals surface area contributed by atoms with E-state index in [4.69, 9.17) is 9.47 Å². The minimum Gasteiger partial charge on any atom is -0.496 e. The van der Waals surface area contributed by atoms with Crippen LogP contribution in [0.2, 0.25) is 0 Å². The molecule has 0 aliphatic heterocycles. The van der Waals surface area contributed by atoms with Crippen LogP contribution >= 0.6 is 22.6 Å². The molecule has 0 amide bonds. The summed E-state index contributed by atoms with van der Waals surface area (Å²) >= 11 is 2.28. The molecule has 0 aromatic heterocycles. The molecule has 0 saturated heterocycles. The van der Waals surface area contributed by atoms with Crippen molar-refractivity contribution in [3.63, 3.8) is 0 Å². The Morgan fingerprint density at radius 2 is 1.70 bits per heavy atom. The second-order valence-electron chi connectivity index (χ2n) is 4.44. The van der Waals surface area contributed by atoms with E-state index < -0.39 is 0 Å². The third-order valence-electron chi connectivity index (χ3n) is 3.15. The Hall–Kier alpha value is -1.27. The molecule has 0 spiro atoms. The number of rotatable bonds is 5. The van der Waals surface area contributed by atoms with Gasteiger partial charge in [-0.3, -0.25) is 0 Å². The average Bonchev–Trinajstić information content (AvgIpc) is 2.48. The van der Waals surface area contributed by atoms with Crippen LogP contribution in [0.3, 0.4) is 0 Å². The molecule has 20 heavy (non-hydrogen) atoms. The van der Waals surface area contributed by atoms with E-state index in [1.165, 1.54) is 3.57 Å². The average molecular weight is 383 g/mol. The van der Waals surface area contributed by atoms with Gasteiger partial charge in [0.1, 0.15) is 17.2 Å². The smallest absolute Gasteiger partial charge is 0.135 e. The Bertz CT molecular complexity index is 569. The predicted octanol–water partition coefficient (Wildman–Crippen LogP) is 4.37. The lowest BCUT2D eigenvalue weighted by Crippen LogP contribution is -2.14. The van der Waals surface area contributed by atoms with E-state index in [1.807, 2.05) is 49.5 Å². The third-order valence-corrected chi connectivity index (χ3v) is 3.87. The summed E-state index contributed by atoms with van der Waals surface area (Å²) in [6, 6.07) is 14.0. The molecule has 2 aromatic carbocycles. The van der Waals surface area contributed by atoms with Gasteiger partial charge in [-0.25, -0.2) is 0 Å². The van der Waals surface area contributed by atoms with Crippen LogP contribution in [0.5, 0.6) is 17.2 Å². The fourth-order valence-corrected chi connectivity index (χ4v) is 2.35. The maximum Gasteiger partial charge on any atom is 0.135 e. The van der Waals surface area contributed by atoms with Gasteiger partial charge in [0.05, 0.1) is 12.7 Å². The summed E-state index contributed by atoms with van der Waals surface area (Å²) in [4.78, 5) is 0. The van der Waals surface area contributed by atoms with Gasteiger partial charge in [0.25, 0.3) is 0 Å². The van der Waals surface area contributed by atoms with E-state index in [0.717, 1.165) is 22.8 Å². The predicted molar refractivity (Wildman–Crippen MR) is 89.7 cm³/mol. The zero-order chi connectivity index (χ0) is 14.5. The SMILES string of the molecule is CNC(C)c1c(OC)cccc1Oc1ccc(I)cc1. The second-order valence-corrected chi connectivity index (χ2v) is 5.68. The van der Waals surface area contributed by atoms with Gasteiger partial charge >= 0.3 is 0 Å². The lowest BCUT2D eigenvalue weighted by Gasteiger charge is -2.19. The van der Waals surface area contributed by atoms with E-state index in [-0.39, 0.29) is 6.04 Å². The summed E-state index contributed by atoms with van der Waals surface area (Å²) in [5.41, 5.74) is 1.02. The van der Waals surface area contributed by atoms with Gasteiger partial charge in [0, 0.05) is 9.61 Å². The number of ether oxygens (including phenoxy) is 2. The Morgan fingerprint density at radius 1 is 1.05 bits per heavy atom. The van der Waals surface area contributed by atoms with Crippen LogP contribution in [0.25, 0.3) is 0 Å². The van der Waals surface area contributed by atoms with Crippen molar-refractivity contribution in [2.75, 3.05) is 14.2 Å². The molecule has 0 saturated carbocycles. The summed E-state index contributed by atoms with van der Waals surface area (Å²) in [6.45, 7) is 2.08. The first-order valence-electron chi connectivity index (χ1n) is 6.43. The topological polar surface area (TPSA) is 30.5 Å². The maximum atomic E-state index is 6.01. The molecule has 1 unspecified atom stereocenters. The van der Waals surface area contributed by atoms with Crippen LogP contribution in [0.15, 0.2) is 42.5 Å². The molecule has 2 rings (SSSR count). The zero-order valence-corrected chi connectivity index (χ0v) is 14.0. The molecule has 0 heterocycles. The summed E-state index contributed by atoms with van der Waals surface area (Å²) in [5, 5.41) is 3.23. The van der Waals surface area contributed by atoms with E-state index in [1.54, 1.807) is 7.11 Å². The Balaban J connectivity index is 2.37. The van der Waals surface area contributed by atoms with Gasteiger partial charge in [-0.15, -0.1) is 0 Å². The molecule has 3 nitrogen and oxygen atoms in total. The number of nitrogens with one attached hydrogen (secondary N) is 1. The molecule has 1 atom stereocenters. The highest BCUT2D eigenvalue weighted by atomic mass is 127. The van der Waals surface area contributed by atoms with Crippen LogP contribution in [-0.2, 0) is 0 Å². The molecule has 0 fully saturated rings. The minimum atomic E-state index is 0.144. The van der Waals surface area contributed by atoms with Crippen LogP contribution < -0.4 is 14.8 Å². The Labute approximate surface area is 133 Å². The van der Waals surface area contributed by atoms with Crippen molar-refractivity contribution in [2.45, 2.75) is 13.0 Å². The summed E-state index contributed by atoms with van der Waals surface area (Å²) in [5.74, 6) is 2.46. The van der Waals surface area contributed by atoms with E-state index in [2.05, 4.69) is 34.8 Å². The van der Waals surface area contributed by atoms with E-state index in [9.17, 15) is 0 Å². The van der Waals surface area contributed by atoms with Gasteiger partial charge in [-0.05, 0) is 73.0 Å². The minimum absolute atomic E-state index is 0.144. The molecule has 0 aliphatic rings. The lowest BCUT2D eigenvalue weighted by molar-refractivity contribution is 0.393.